The number of hydrogen-bond donors (Lipinski definition) is 2. The molecule has 5 heteroatoms. The van der Waals surface area contributed by atoms with Crippen LogP contribution in [0.15, 0.2) is 18.2 Å². The molecule has 17 heavy (non-hydrogen) atoms. The number of carbonyl (C=O) groups excluding carboxylic acids is 1. The van der Waals surface area contributed by atoms with Crippen molar-refractivity contribution in [3.8, 4) is 5.75 Å². The van der Waals surface area contributed by atoms with Gasteiger partial charge in [-0.2, -0.15) is 0 Å². The van der Waals surface area contributed by atoms with E-state index >= 15 is 0 Å². The lowest BCUT2D eigenvalue weighted by Crippen LogP contribution is -2.35. The summed E-state index contributed by atoms with van der Waals surface area (Å²) >= 11 is 5.95. The molecule has 1 aromatic carbocycles. The quantitative estimate of drug-likeness (QED) is 0.869. The Balaban J connectivity index is 2.63. The zero-order valence-electron chi connectivity index (χ0n) is 10.2. The zero-order chi connectivity index (χ0) is 12.8. The Morgan fingerprint density at radius 2 is 2.24 bits per heavy atom. The first-order chi connectivity index (χ1) is 8.06. The van der Waals surface area contributed by atoms with E-state index in [-0.39, 0.29) is 12.1 Å². The maximum Gasteiger partial charge on any atom is 0.319 e. The van der Waals surface area contributed by atoms with Gasteiger partial charge in [0.05, 0.1) is 12.1 Å². The fourth-order valence-electron chi connectivity index (χ4n) is 1.24. The molecule has 1 aromatic rings. The second-order valence-corrected chi connectivity index (χ2v) is 4.16. The van der Waals surface area contributed by atoms with Gasteiger partial charge in [0.1, 0.15) is 5.75 Å². The molecule has 0 bridgehead atoms. The summed E-state index contributed by atoms with van der Waals surface area (Å²) in [5, 5.41) is 5.98. The lowest BCUT2D eigenvalue weighted by atomic mass is 10.2. The summed E-state index contributed by atoms with van der Waals surface area (Å²) < 4.78 is 5.03. The van der Waals surface area contributed by atoms with Gasteiger partial charge in [0, 0.05) is 11.7 Å². The summed E-state index contributed by atoms with van der Waals surface area (Å²) in [5.74, 6) is 0.583. The van der Waals surface area contributed by atoms with E-state index in [1.165, 1.54) is 0 Å². The first-order valence-corrected chi connectivity index (χ1v) is 5.85. The van der Waals surface area contributed by atoms with Gasteiger partial charge in [-0.05, 0) is 31.5 Å². The molecule has 1 rings (SSSR count). The highest BCUT2D eigenvalue weighted by molar-refractivity contribution is 6.32. The summed E-state index contributed by atoms with van der Waals surface area (Å²) in [7, 11) is 1.55. The van der Waals surface area contributed by atoms with Gasteiger partial charge in [0.25, 0.3) is 0 Å². The van der Waals surface area contributed by atoms with Crippen molar-refractivity contribution in [2.24, 2.45) is 0 Å². The van der Waals surface area contributed by atoms with Gasteiger partial charge in [-0.25, -0.2) is 4.79 Å². The number of hydrogen-bond acceptors (Lipinski definition) is 2. The summed E-state index contributed by atoms with van der Waals surface area (Å²) in [6.45, 7) is 3.95. The predicted octanol–water partition coefficient (Wildman–Crippen LogP) is 3.27. The lowest BCUT2D eigenvalue weighted by Gasteiger charge is -2.13. The molecule has 94 valence electrons. The van der Waals surface area contributed by atoms with Crippen molar-refractivity contribution in [1.29, 1.82) is 0 Å². The Labute approximate surface area is 106 Å². The summed E-state index contributed by atoms with van der Waals surface area (Å²) in [6.07, 6.45) is 0.886. The molecule has 0 spiro atoms. The zero-order valence-corrected chi connectivity index (χ0v) is 11.0. The Kier molecular flexibility index (Phi) is 5.10. The molecule has 0 heterocycles. The van der Waals surface area contributed by atoms with Gasteiger partial charge in [0.2, 0.25) is 0 Å². The second-order valence-electron chi connectivity index (χ2n) is 3.76. The van der Waals surface area contributed by atoms with Crippen molar-refractivity contribution < 1.29 is 9.53 Å². The van der Waals surface area contributed by atoms with Crippen molar-refractivity contribution in [1.82, 2.24) is 5.32 Å². The van der Waals surface area contributed by atoms with Gasteiger partial charge in [-0.15, -0.1) is 0 Å². The van der Waals surface area contributed by atoms with Crippen LogP contribution in [-0.2, 0) is 0 Å². The number of benzene rings is 1. The van der Waals surface area contributed by atoms with Crippen LogP contribution in [0.2, 0.25) is 5.02 Å². The molecule has 4 nitrogen and oxygen atoms in total. The normalized spacial score (nSPS) is 11.8. The van der Waals surface area contributed by atoms with Crippen LogP contribution >= 0.6 is 11.6 Å². The van der Waals surface area contributed by atoms with Crippen molar-refractivity contribution >= 4 is 23.3 Å². The highest BCUT2D eigenvalue weighted by Crippen LogP contribution is 2.27. The topological polar surface area (TPSA) is 50.4 Å². The maximum absolute atomic E-state index is 11.6. The number of amides is 2. The molecule has 0 aliphatic carbocycles. The number of nitrogens with one attached hydrogen (secondary N) is 2. The molecular weight excluding hydrogens is 240 g/mol. The Hall–Kier alpha value is -1.42. The smallest absolute Gasteiger partial charge is 0.319 e. The van der Waals surface area contributed by atoms with Crippen LogP contribution in [0.1, 0.15) is 20.3 Å². The molecule has 0 saturated carbocycles. The van der Waals surface area contributed by atoms with Crippen molar-refractivity contribution in [2.75, 3.05) is 12.4 Å². The monoisotopic (exact) mass is 256 g/mol. The number of methoxy groups -OCH3 is 1. The number of anilines is 1. The van der Waals surface area contributed by atoms with Gasteiger partial charge in [0.15, 0.2) is 0 Å². The van der Waals surface area contributed by atoms with E-state index in [4.69, 9.17) is 16.3 Å². The van der Waals surface area contributed by atoms with Crippen molar-refractivity contribution in [2.45, 2.75) is 26.3 Å². The third-order valence-electron chi connectivity index (χ3n) is 2.40. The van der Waals surface area contributed by atoms with Crippen LogP contribution in [0.4, 0.5) is 10.5 Å². The highest BCUT2D eigenvalue weighted by Gasteiger charge is 2.07. The van der Waals surface area contributed by atoms with Crippen LogP contribution in [0, 0.1) is 0 Å². The number of carbonyl (C=O) groups is 1. The van der Waals surface area contributed by atoms with Crippen LogP contribution in [0.25, 0.3) is 0 Å². The molecule has 0 fully saturated rings. The minimum absolute atomic E-state index is 0.142. The van der Waals surface area contributed by atoms with Gasteiger partial charge < -0.3 is 15.4 Å². The summed E-state index contributed by atoms with van der Waals surface area (Å²) in [6, 6.07) is 5.00. The Morgan fingerprint density at radius 1 is 1.53 bits per heavy atom. The number of rotatable bonds is 4. The van der Waals surface area contributed by atoms with E-state index in [2.05, 4.69) is 10.6 Å². The first kappa shape index (κ1) is 13.6. The third kappa shape index (κ3) is 4.15. The minimum atomic E-state index is -0.236. The van der Waals surface area contributed by atoms with E-state index < -0.39 is 0 Å². The average Bonchev–Trinajstić information content (AvgIpc) is 2.29. The van der Waals surface area contributed by atoms with Gasteiger partial charge in [-0.3, -0.25) is 0 Å². The van der Waals surface area contributed by atoms with E-state index in [1.807, 2.05) is 13.8 Å². The van der Waals surface area contributed by atoms with Crippen molar-refractivity contribution in [3.05, 3.63) is 23.2 Å². The van der Waals surface area contributed by atoms with Crippen LogP contribution < -0.4 is 15.4 Å². The average molecular weight is 257 g/mol. The van der Waals surface area contributed by atoms with E-state index in [9.17, 15) is 4.79 Å². The Bertz CT molecular complexity index is 396. The SMILES string of the molecule is CCC(C)NC(=O)Nc1ccc(OC)c(Cl)c1. The molecule has 0 aliphatic rings. The molecule has 0 radical (unpaired) electrons. The maximum atomic E-state index is 11.6. The fourth-order valence-corrected chi connectivity index (χ4v) is 1.49. The van der Waals surface area contributed by atoms with Crippen molar-refractivity contribution in [3.63, 3.8) is 0 Å². The summed E-state index contributed by atoms with van der Waals surface area (Å²) in [4.78, 5) is 11.6. The standard InChI is InChI=1S/C12H17ClN2O2/c1-4-8(2)14-12(16)15-9-5-6-11(17-3)10(13)7-9/h5-8H,4H2,1-3H3,(H2,14,15,16). The minimum Gasteiger partial charge on any atom is -0.495 e. The van der Waals surface area contributed by atoms with Gasteiger partial charge >= 0.3 is 6.03 Å². The van der Waals surface area contributed by atoms with E-state index in [0.29, 0.717) is 16.5 Å². The van der Waals surface area contributed by atoms with Gasteiger partial charge in [-0.1, -0.05) is 18.5 Å². The molecule has 0 aromatic heterocycles. The first-order valence-electron chi connectivity index (χ1n) is 5.47. The van der Waals surface area contributed by atoms with Crippen LogP contribution in [-0.4, -0.2) is 19.2 Å². The molecule has 0 saturated heterocycles. The molecule has 2 amide bonds. The summed E-state index contributed by atoms with van der Waals surface area (Å²) in [5.41, 5.74) is 0.636. The number of urea groups is 1. The fraction of sp³-hybridized carbons (Fsp3) is 0.417. The molecule has 0 aliphatic heterocycles. The highest BCUT2D eigenvalue weighted by atomic mass is 35.5. The lowest BCUT2D eigenvalue weighted by molar-refractivity contribution is 0.249. The van der Waals surface area contributed by atoms with E-state index in [1.54, 1.807) is 25.3 Å². The predicted molar refractivity (Wildman–Crippen MR) is 69.9 cm³/mol. The van der Waals surface area contributed by atoms with Crippen LogP contribution in [0.3, 0.4) is 0 Å². The molecule has 1 atom stereocenters. The molecular formula is C12H17ClN2O2. The molecule has 1 unspecified atom stereocenters. The second kappa shape index (κ2) is 6.35. The largest absolute Gasteiger partial charge is 0.495 e. The Morgan fingerprint density at radius 3 is 2.76 bits per heavy atom. The number of halogens is 1. The van der Waals surface area contributed by atoms with Crippen LogP contribution in [0.5, 0.6) is 5.75 Å². The third-order valence-corrected chi connectivity index (χ3v) is 2.69. The van der Waals surface area contributed by atoms with E-state index in [0.717, 1.165) is 6.42 Å². The molecule has 2 N–H and O–H groups in total. The number of ether oxygens (including phenoxy) is 1.